The van der Waals surface area contributed by atoms with E-state index in [0.29, 0.717) is 33.5 Å². The summed E-state index contributed by atoms with van der Waals surface area (Å²) in [5.74, 6) is -3.23. The Labute approximate surface area is 596 Å². The van der Waals surface area contributed by atoms with Crippen LogP contribution in [0.4, 0.5) is 26.3 Å². The number of allylic oxidation sites excluding steroid dienone is 2. The Bertz CT molecular complexity index is 3490. The number of fused-ring (bicyclic) bond motifs is 1. The molecule has 94 heavy (non-hydrogen) atoms. The topological polar surface area (TPSA) is 128 Å². The summed E-state index contributed by atoms with van der Waals surface area (Å²) in [6.07, 6.45) is 30.1. The molecule has 4 aliphatic carbocycles. The first-order chi connectivity index (χ1) is 43.2. The number of carbonyl (C=O) groups is 1. The fourth-order valence-electron chi connectivity index (χ4n) is 15.1. The second-order valence-electron chi connectivity index (χ2n) is 28.2. The zero-order chi connectivity index (χ0) is 65.6. The van der Waals surface area contributed by atoms with Crippen molar-refractivity contribution in [2.75, 3.05) is 0 Å². The van der Waals surface area contributed by atoms with Gasteiger partial charge in [0.15, 0.2) is 0 Å². The van der Waals surface area contributed by atoms with Gasteiger partial charge in [-0.2, -0.15) is 32.5 Å². The number of rotatable bonds is 14. The van der Waals surface area contributed by atoms with E-state index in [1.54, 1.807) is 12.3 Å². The summed E-state index contributed by atoms with van der Waals surface area (Å²) in [6.45, 7) is 17.0. The number of pyridine rings is 2. The van der Waals surface area contributed by atoms with Crippen LogP contribution in [-0.2, 0) is 86.3 Å². The number of aliphatic hydroxyl groups is 1. The molecule has 0 bridgehead atoms. The molecule has 0 amide bonds. The molecule has 18 heteroatoms. The van der Waals surface area contributed by atoms with Crippen LogP contribution in [0, 0.1) is 33.6 Å². The van der Waals surface area contributed by atoms with Crippen molar-refractivity contribution in [1.29, 1.82) is 0 Å². The summed E-state index contributed by atoms with van der Waals surface area (Å²) < 4.78 is 70.3. The van der Waals surface area contributed by atoms with Gasteiger partial charge in [0.05, 0.1) is 17.6 Å². The van der Waals surface area contributed by atoms with Crippen molar-refractivity contribution in [3.63, 3.8) is 0 Å². The van der Waals surface area contributed by atoms with Crippen LogP contribution in [0.1, 0.15) is 224 Å². The van der Waals surface area contributed by atoms with Crippen LogP contribution in [0.3, 0.4) is 0 Å². The molecule has 0 spiro atoms. The summed E-state index contributed by atoms with van der Waals surface area (Å²) >= 11 is 0. The number of phenolic OH excluding ortho intramolecular Hbond substituents is 1. The molecule has 0 saturated heterocycles. The number of aryl methyl sites for hydroxylation is 1. The molecule has 4 saturated carbocycles. The fourth-order valence-corrected chi connectivity index (χ4v) is 15.1. The minimum absolute atomic E-state index is 0. The third-order valence-corrected chi connectivity index (χ3v) is 20.7. The largest absolute Gasteiger partial charge is 0.662 e. The van der Waals surface area contributed by atoms with Crippen molar-refractivity contribution >= 4 is 16.7 Å². The molecule has 0 aliphatic heterocycles. The summed E-state index contributed by atoms with van der Waals surface area (Å²) in [5.41, 5.74) is 14.0. The standard InChI is InChI=1S/C27H39N2.C25H31N2.C19H24N2O.C5H2F6O2.Ir.Pd.Pt/c1-20(26(3)13-7-5-8-14-26)22-11-17-28-24(19-22)25-23(12-18-29-25)21(2)27(4)15-9-6-10-16-27;1-19(2)17-25(12-7-4-8-13-25)18-20-11-14-26-22(15-20)24-16-21-9-5-6-10-23(21)27(24)3;1-19(10-6-2-3-7-11-19)12-15-13-21-17(14-20-15)16-8-4-5-9-18(16)22;6-4(7,8)2(12)1-3(13)5(9,10)11;;;/h11-12,17-21H,5-10,13-16H2,1-4H3;5-6,9-11,14-15,19H,4,7-8,12-13,17-18H2,1-3H3;4-5,8-9,13-14,22H,2-3,6-7,10-12H2,1H3;1,12H;;;/q2*-1;;;;;. The van der Waals surface area contributed by atoms with E-state index < -0.39 is 30.0 Å². The number of nitrogens with zero attached hydrogens (tertiary/aromatic N) is 6. The maximum atomic E-state index is 11.4. The van der Waals surface area contributed by atoms with Crippen molar-refractivity contribution in [1.82, 2.24) is 29.5 Å². The van der Waals surface area contributed by atoms with Crippen molar-refractivity contribution in [3.05, 3.63) is 150 Å². The van der Waals surface area contributed by atoms with Gasteiger partial charge in [-0.25, -0.2) is 0 Å². The normalized spacial score (nSPS) is 18.3. The summed E-state index contributed by atoms with van der Waals surface area (Å²) in [6, 6.07) is 30.6. The minimum Gasteiger partial charge on any atom is -0.662 e. The number of hydrogen-bond donors (Lipinski definition) is 2. The average Bonchev–Trinajstić information content (AvgIpc) is 1.47. The van der Waals surface area contributed by atoms with E-state index >= 15 is 0 Å². The fraction of sp³-hybridized carbons (Fsp3) is 0.539. The number of carbonyl (C=O) groups excluding carboxylic acids is 1. The van der Waals surface area contributed by atoms with Crippen molar-refractivity contribution in [2.24, 2.45) is 34.6 Å². The average molecular weight is 1750 g/mol. The number of aliphatic hydroxyl groups excluding tert-OH is 1. The minimum atomic E-state index is -5.42. The van der Waals surface area contributed by atoms with E-state index in [1.807, 2.05) is 43.0 Å². The van der Waals surface area contributed by atoms with E-state index in [1.165, 1.54) is 170 Å². The van der Waals surface area contributed by atoms with Crippen molar-refractivity contribution in [3.8, 4) is 39.8 Å². The van der Waals surface area contributed by atoms with Crippen LogP contribution < -0.4 is 4.98 Å². The van der Waals surface area contributed by atoms with Crippen molar-refractivity contribution < 1.29 is 103 Å². The monoisotopic (exact) mass is 1750 g/mol. The van der Waals surface area contributed by atoms with Gasteiger partial charge in [0.1, 0.15) is 5.75 Å². The number of ketones is 1. The molecule has 2 unspecified atom stereocenters. The molecule has 7 aromatic rings. The predicted molar refractivity (Wildman–Crippen MR) is 352 cm³/mol. The molecule has 4 fully saturated rings. The third-order valence-electron chi connectivity index (χ3n) is 20.7. The molecule has 2 aromatic carbocycles. The predicted octanol–water partition coefficient (Wildman–Crippen LogP) is 21.3. The van der Waals surface area contributed by atoms with Gasteiger partial charge in [0, 0.05) is 110 Å². The van der Waals surface area contributed by atoms with Crippen LogP contribution in [0.25, 0.3) is 44.9 Å². The molecule has 4 aliphatic rings. The van der Waals surface area contributed by atoms with Gasteiger partial charge in [-0.15, -0.1) is 29.3 Å². The summed E-state index contributed by atoms with van der Waals surface area (Å²) in [7, 11) is 2.11. The van der Waals surface area contributed by atoms with Crippen LogP contribution in [-0.4, -0.2) is 52.9 Å². The molecule has 9 nitrogen and oxygen atoms in total. The van der Waals surface area contributed by atoms with Gasteiger partial charge < -0.3 is 24.7 Å². The Hall–Kier alpha value is -4.77. The Balaban J connectivity index is 0.000000232. The Morgan fingerprint density at radius 1 is 0.649 bits per heavy atom. The summed E-state index contributed by atoms with van der Waals surface area (Å²) in [5, 5.41) is 19.0. The van der Waals surface area contributed by atoms with E-state index in [4.69, 9.17) is 20.1 Å². The number of benzene rings is 2. The SMILES string of the molecule is CC(C)CC1(Cc2ccnc(-c3[c-]c4ccccc4n3C)c2)CCCCC1.CC(c1ccnc(-c2[n-]ccc2C(C)C2(C)CCCCC2)c1)C1(C)CCCCC1.CC1(Cc2cnc(-c3ccccc3O)cn2)CCCCCC1.O=C(C=C(O)C(F)(F)F)C(F)(F)F.[Ir].[Pd].[Pt]. The number of hydrogen-bond acceptors (Lipinski definition) is 7. The molecule has 1 radical (unpaired) electrons. The first-order valence-corrected chi connectivity index (χ1v) is 33.4. The van der Waals surface area contributed by atoms with E-state index in [0.717, 1.165) is 57.5 Å². The summed E-state index contributed by atoms with van der Waals surface area (Å²) in [4.78, 5) is 33.2. The third kappa shape index (κ3) is 21.6. The van der Waals surface area contributed by atoms with Crippen LogP contribution in [0.15, 0.2) is 122 Å². The van der Waals surface area contributed by atoms with E-state index in [2.05, 4.69) is 131 Å². The number of alkyl halides is 6. The Kier molecular flexibility index (Phi) is 30.3. The molecule has 5 heterocycles. The molecular formula is C76H96F6IrN6O3PdPt-2. The number of aromatic hydroxyl groups is 1. The van der Waals surface area contributed by atoms with E-state index in [9.17, 15) is 36.2 Å². The van der Waals surface area contributed by atoms with Gasteiger partial charge in [-0.05, 0) is 157 Å². The van der Waals surface area contributed by atoms with Gasteiger partial charge in [0.25, 0.3) is 5.78 Å². The zero-order valence-corrected chi connectivity index (χ0v) is 62.1. The van der Waals surface area contributed by atoms with Crippen molar-refractivity contribution in [2.45, 2.75) is 227 Å². The quantitative estimate of drug-likeness (QED) is 0.0275. The maximum Gasteiger partial charge on any atom is 0.454 e. The van der Waals surface area contributed by atoms with Crippen LogP contribution >= 0.6 is 0 Å². The molecule has 2 atom stereocenters. The number of phenols is 1. The first kappa shape index (κ1) is 79.9. The molecular weight excluding hydrogens is 1650 g/mol. The van der Waals surface area contributed by atoms with Crippen LogP contribution in [0.5, 0.6) is 5.75 Å². The van der Waals surface area contributed by atoms with Gasteiger partial charge >= 0.3 is 12.4 Å². The second kappa shape index (κ2) is 35.6. The molecule has 11 rings (SSSR count). The maximum absolute atomic E-state index is 11.4. The van der Waals surface area contributed by atoms with Gasteiger partial charge in [-0.3, -0.25) is 19.7 Å². The number of para-hydroxylation sites is 2. The number of halogens is 6. The van der Waals surface area contributed by atoms with Crippen LogP contribution in [0.2, 0.25) is 0 Å². The zero-order valence-electron chi connectivity index (χ0n) is 55.9. The Morgan fingerprint density at radius 2 is 1.20 bits per heavy atom. The van der Waals surface area contributed by atoms with Gasteiger partial charge in [0.2, 0.25) is 5.76 Å². The second-order valence-corrected chi connectivity index (χ2v) is 28.2. The van der Waals surface area contributed by atoms with Gasteiger partial charge in [-0.1, -0.05) is 179 Å². The Morgan fingerprint density at radius 3 is 1.78 bits per heavy atom. The number of aromatic nitrogens is 6. The molecule has 521 valence electrons. The molecule has 2 N–H and O–H groups in total. The smallest absolute Gasteiger partial charge is 0.454 e. The van der Waals surface area contributed by atoms with E-state index in [-0.39, 0.29) is 67.3 Å². The first-order valence-electron chi connectivity index (χ1n) is 33.4. The molecule has 5 aromatic heterocycles.